The van der Waals surface area contributed by atoms with Crippen LogP contribution in [0.15, 0.2) is 12.2 Å². The zero-order valence-corrected chi connectivity index (χ0v) is 14.1. The second kappa shape index (κ2) is 6.21. The van der Waals surface area contributed by atoms with Crippen LogP contribution in [-0.4, -0.2) is 49.1 Å². The first-order valence-electron chi connectivity index (χ1n) is 6.94. The minimum absolute atomic E-state index is 0.163. The first-order chi connectivity index (χ1) is 7.87. The van der Waals surface area contributed by atoms with Crippen LogP contribution < -0.4 is 0 Å². The van der Waals surface area contributed by atoms with E-state index in [0.717, 1.165) is 13.0 Å². The standard InChI is InChI=1S/C16H34N2/c1-13(15(2,3)4)14(11-12-17(8)9)18(10)16(5,6)7/h14H,1,11-12H2,2-10H3. The molecule has 0 fully saturated rings. The maximum Gasteiger partial charge on any atom is 0.0324 e. The van der Waals surface area contributed by atoms with Crippen molar-refractivity contribution in [2.45, 2.75) is 59.5 Å². The van der Waals surface area contributed by atoms with Crippen LogP contribution in [0.3, 0.4) is 0 Å². The van der Waals surface area contributed by atoms with Crippen molar-refractivity contribution < 1.29 is 0 Å². The smallest absolute Gasteiger partial charge is 0.0324 e. The van der Waals surface area contributed by atoms with Crippen molar-refractivity contribution in [3.63, 3.8) is 0 Å². The van der Waals surface area contributed by atoms with Gasteiger partial charge in [0.05, 0.1) is 0 Å². The molecular formula is C16H34N2. The number of nitrogens with zero attached hydrogens (tertiary/aromatic N) is 2. The molecule has 18 heavy (non-hydrogen) atoms. The zero-order valence-electron chi connectivity index (χ0n) is 14.1. The second-order valence-electron chi connectivity index (χ2n) is 7.66. The summed E-state index contributed by atoms with van der Waals surface area (Å²) >= 11 is 0. The third-order valence-electron chi connectivity index (χ3n) is 3.74. The second-order valence-corrected chi connectivity index (χ2v) is 7.66. The molecule has 1 unspecified atom stereocenters. The van der Waals surface area contributed by atoms with Gasteiger partial charge in [-0.15, -0.1) is 0 Å². The molecular weight excluding hydrogens is 220 g/mol. The molecule has 0 N–H and O–H groups in total. The van der Waals surface area contributed by atoms with Gasteiger partial charge in [0.2, 0.25) is 0 Å². The lowest BCUT2D eigenvalue weighted by molar-refractivity contribution is 0.113. The molecule has 2 heteroatoms. The third kappa shape index (κ3) is 5.53. The third-order valence-corrected chi connectivity index (χ3v) is 3.74. The maximum absolute atomic E-state index is 4.38. The summed E-state index contributed by atoms with van der Waals surface area (Å²) in [6.45, 7) is 19.1. The molecule has 0 spiro atoms. The Labute approximate surface area is 115 Å². The minimum Gasteiger partial charge on any atom is -0.309 e. The molecule has 1 atom stereocenters. The monoisotopic (exact) mass is 254 g/mol. The largest absolute Gasteiger partial charge is 0.309 e. The molecule has 0 saturated carbocycles. The van der Waals surface area contributed by atoms with Crippen LogP contribution in [0.25, 0.3) is 0 Å². The van der Waals surface area contributed by atoms with Crippen molar-refractivity contribution in [1.82, 2.24) is 9.80 Å². The van der Waals surface area contributed by atoms with Crippen LogP contribution in [0.1, 0.15) is 48.0 Å². The number of rotatable bonds is 5. The Hall–Kier alpha value is -0.340. The van der Waals surface area contributed by atoms with Gasteiger partial charge in [-0.3, -0.25) is 4.90 Å². The highest BCUT2D eigenvalue weighted by Gasteiger charge is 2.31. The maximum atomic E-state index is 4.38. The predicted molar refractivity (Wildman–Crippen MR) is 83.1 cm³/mol. The van der Waals surface area contributed by atoms with E-state index in [-0.39, 0.29) is 11.0 Å². The van der Waals surface area contributed by atoms with Crippen LogP contribution in [0.2, 0.25) is 0 Å². The van der Waals surface area contributed by atoms with E-state index >= 15 is 0 Å². The van der Waals surface area contributed by atoms with Gasteiger partial charge in [-0.05, 0) is 60.3 Å². The molecule has 2 nitrogen and oxygen atoms in total. The summed E-state index contributed by atoms with van der Waals surface area (Å²) in [7, 11) is 6.49. The van der Waals surface area contributed by atoms with E-state index in [2.05, 4.69) is 79.1 Å². The van der Waals surface area contributed by atoms with Crippen molar-refractivity contribution in [2.24, 2.45) is 5.41 Å². The summed E-state index contributed by atoms with van der Waals surface area (Å²) in [5.74, 6) is 0. The molecule has 0 radical (unpaired) electrons. The van der Waals surface area contributed by atoms with Crippen molar-refractivity contribution in [3.8, 4) is 0 Å². The molecule has 0 aliphatic rings. The van der Waals surface area contributed by atoms with Crippen molar-refractivity contribution in [1.29, 1.82) is 0 Å². The van der Waals surface area contributed by atoms with E-state index in [9.17, 15) is 0 Å². The number of hydrogen-bond donors (Lipinski definition) is 0. The van der Waals surface area contributed by atoms with E-state index in [0.29, 0.717) is 6.04 Å². The molecule has 108 valence electrons. The summed E-state index contributed by atoms with van der Waals surface area (Å²) in [5.41, 5.74) is 1.67. The Bertz CT molecular complexity index is 266. The average Bonchev–Trinajstić information content (AvgIpc) is 2.14. The Kier molecular flexibility index (Phi) is 6.09. The minimum atomic E-state index is 0.163. The molecule has 0 aliphatic heterocycles. The highest BCUT2D eigenvalue weighted by Crippen LogP contribution is 2.32. The lowest BCUT2D eigenvalue weighted by Gasteiger charge is -2.43. The zero-order chi connectivity index (χ0) is 14.7. The lowest BCUT2D eigenvalue weighted by Crippen LogP contribution is -2.48. The Morgan fingerprint density at radius 3 is 1.72 bits per heavy atom. The van der Waals surface area contributed by atoms with E-state index in [1.807, 2.05) is 0 Å². The number of hydrogen-bond acceptors (Lipinski definition) is 2. The quantitative estimate of drug-likeness (QED) is 0.691. The molecule has 0 saturated heterocycles. The highest BCUT2D eigenvalue weighted by atomic mass is 15.2. The van der Waals surface area contributed by atoms with E-state index in [1.54, 1.807) is 0 Å². The Morgan fingerprint density at radius 2 is 1.44 bits per heavy atom. The lowest BCUT2D eigenvalue weighted by atomic mass is 9.80. The summed E-state index contributed by atoms with van der Waals surface area (Å²) in [5, 5.41) is 0. The van der Waals surface area contributed by atoms with Gasteiger partial charge in [-0.1, -0.05) is 32.9 Å². The normalized spacial score (nSPS) is 15.3. The first-order valence-corrected chi connectivity index (χ1v) is 6.94. The topological polar surface area (TPSA) is 6.48 Å². The van der Waals surface area contributed by atoms with E-state index in [1.165, 1.54) is 5.57 Å². The molecule has 0 bridgehead atoms. The predicted octanol–water partition coefficient (Wildman–Crippen LogP) is 3.64. The summed E-state index contributed by atoms with van der Waals surface area (Å²) < 4.78 is 0. The van der Waals surface area contributed by atoms with Gasteiger partial charge in [-0.25, -0.2) is 0 Å². The fourth-order valence-corrected chi connectivity index (χ4v) is 1.95. The first kappa shape index (κ1) is 17.7. The molecule has 0 aromatic carbocycles. The SMILES string of the molecule is C=C(C(CCN(C)C)N(C)C(C)(C)C)C(C)(C)C. The van der Waals surface area contributed by atoms with Gasteiger partial charge < -0.3 is 4.90 Å². The van der Waals surface area contributed by atoms with Gasteiger partial charge in [0.25, 0.3) is 0 Å². The molecule has 0 amide bonds. The van der Waals surface area contributed by atoms with Crippen molar-refractivity contribution in [3.05, 3.63) is 12.2 Å². The van der Waals surface area contributed by atoms with E-state index < -0.39 is 0 Å². The van der Waals surface area contributed by atoms with Gasteiger partial charge in [-0.2, -0.15) is 0 Å². The van der Waals surface area contributed by atoms with Gasteiger partial charge in [0.15, 0.2) is 0 Å². The number of likely N-dealkylation sites (N-methyl/N-ethyl adjacent to an activating group) is 1. The molecule has 0 aliphatic carbocycles. The fraction of sp³-hybridized carbons (Fsp3) is 0.875. The van der Waals surface area contributed by atoms with Crippen LogP contribution in [0.5, 0.6) is 0 Å². The molecule has 0 heterocycles. The Morgan fingerprint density at radius 1 is 1.00 bits per heavy atom. The molecule has 0 rings (SSSR count). The summed E-state index contributed by atoms with van der Waals surface area (Å²) in [6, 6.07) is 0.437. The Balaban J connectivity index is 5.00. The van der Waals surface area contributed by atoms with E-state index in [4.69, 9.17) is 0 Å². The van der Waals surface area contributed by atoms with Crippen LogP contribution in [-0.2, 0) is 0 Å². The van der Waals surface area contributed by atoms with Crippen LogP contribution in [0, 0.1) is 5.41 Å². The van der Waals surface area contributed by atoms with Crippen LogP contribution >= 0.6 is 0 Å². The average molecular weight is 254 g/mol. The highest BCUT2D eigenvalue weighted by molar-refractivity contribution is 5.15. The van der Waals surface area contributed by atoms with Gasteiger partial charge >= 0.3 is 0 Å². The van der Waals surface area contributed by atoms with Crippen molar-refractivity contribution >= 4 is 0 Å². The fourth-order valence-electron chi connectivity index (χ4n) is 1.95. The molecule has 0 aromatic rings. The molecule has 0 aromatic heterocycles. The summed E-state index contributed by atoms with van der Waals surface area (Å²) in [4.78, 5) is 4.71. The van der Waals surface area contributed by atoms with Gasteiger partial charge in [0.1, 0.15) is 0 Å². The van der Waals surface area contributed by atoms with Crippen molar-refractivity contribution in [2.75, 3.05) is 27.7 Å². The van der Waals surface area contributed by atoms with Crippen LogP contribution in [0.4, 0.5) is 0 Å². The van der Waals surface area contributed by atoms with Gasteiger partial charge in [0, 0.05) is 11.6 Å². The summed E-state index contributed by atoms with van der Waals surface area (Å²) in [6.07, 6.45) is 1.14.